The summed E-state index contributed by atoms with van der Waals surface area (Å²) < 4.78 is 11.0. The number of hydrogen-bond acceptors (Lipinski definition) is 7. The summed E-state index contributed by atoms with van der Waals surface area (Å²) >= 11 is 11.9. The largest absolute Gasteiger partial charge is 0.482 e. The van der Waals surface area contributed by atoms with Crippen LogP contribution in [0.25, 0.3) is 0 Å². The molecule has 0 aromatic heterocycles. The lowest BCUT2D eigenvalue weighted by Gasteiger charge is -2.18. The Balaban J connectivity index is 1.48. The highest BCUT2D eigenvalue weighted by molar-refractivity contribution is 6.35. The number of ether oxygens (including phenoxy) is 2. The maximum atomic E-state index is 13.3. The van der Waals surface area contributed by atoms with Crippen LogP contribution in [0.4, 0.5) is 11.4 Å². The number of rotatable bonds is 10. The first-order chi connectivity index (χ1) is 19.2. The van der Waals surface area contributed by atoms with E-state index >= 15 is 0 Å². The van der Waals surface area contributed by atoms with Crippen molar-refractivity contribution in [2.45, 2.75) is 6.10 Å². The number of benzene rings is 4. The summed E-state index contributed by atoms with van der Waals surface area (Å²) in [6, 6.07) is 23.9. The molecule has 0 aliphatic rings. The van der Waals surface area contributed by atoms with Crippen LogP contribution >= 0.6 is 23.2 Å². The van der Waals surface area contributed by atoms with E-state index in [1.54, 1.807) is 42.5 Å². The van der Waals surface area contributed by atoms with Crippen LogP contribution in [0.15, 0.2) is 97.1 Å². The average molecular weight is 579 g/mol. The van der Waals surface area contributed by atoms with Crippen molar-refractivity contribution in [3.05, 3.63) is 134 Å². The molecule has 1 amide bonds. The van der Waals surface area contributed by atoms with Crippen molar-refractivity contribution in [2.75, 3.05) is 11.9 Å². The van der Waals surface area contributed by atoms with E-state index in [1.165, 1.54) is 54.6 Å². The predicted octanol–water partition coefficient (Wildman–Crippen LogP) is 6.70. The highest BCUT2D eigenvalue weighted by atomic mass is 35.5. The van der Waals surface area contributed by atoms with Gasteiger partial charge in [0.15, 0.2) is 12.7 Å². The summed E-state index contributed by atoms with van der Waals surface area (Å²) in [7, 11) is 0. The first kappa shape index (κ1) is 28.3. The molecule has 0 radical (unpaired) electrons. The van der Waals surface area contributed by atoms with E-state index in [1.807, 2.05) is 0 Å². The minimum Gasteiger partial charge on any atom is -0.482 e. The Bertz CT molecular complexity index is 1560. The standard InChI is InChI=1S/C29H20Cl2N2O7/c30-21-11-14-25(24(31)16-21)39-17-26(34)32-22-8-4-7-20(15-22)29(36)40-28(27(35)18-5-2-1-3-6-18)19-9-12-23(13-10-19)33(37)38/h1-16,28H,17H2,(H,32,34)/t28-/m1/s1. The van der Waals surface area contributed by atoms with Gasteiger partial charge in [0, 0.05) is 34.0 Å². The van der Waals surface area contributed by atoms with Crippen molar-refractivity contribution in [3.63, 3.8) is 0 Å². The topological polar surface area (TPSA) is 125 Å². The molecule has 1 N–H and O–H groups in total. The molecule has 40 heavy (non-hydrogen) atoms. The Morgan fingerprint density at radius 1 is 0.850 bits per heavy atom. The molecule has 0 spiro atoms. The molecule has 0 aliphatic heterocycles. The fourth-order valence-electron chi connectivity index (χ4n) is 3.63. The number of non-ortho nitro benzene ring substituents is 1. The third-order valence-electron chi connectivity index (χ3n) is 5.56. The first-order valence-electron chi connectivity index (χ1n) is 11.7. The van der Waals surface area contributed by atoms with Gasteiger partial charge in [0.25, 0.3) is 11.6 Å². The van der Waals surface area contributed by atoms with Gasteiger partial charge in [-0.15, -0.1) is 0 Å². The smallest absolute Gasteiger partial charge is 0.339 e. The van der Waals surface area contributed by atoms with Gasteiger partial charge >= 0.3 is 5.97 Å². The lowest BCUT2D eigenvalue weighted by atomic mass is 9.99. The minimum atomic E-state index is -1.37. The normalized spacial score (nSPS) is 11.2. The number of carbonyl (C=O) groups excluding carboxylic acids is 3. The van der Waals surface area contributed by atoms with Crippen molar-refractivity contribution in [1.29, 1.82) is 0 Å². The van der Waals surface area contributed by atoms with E-state index in [9.17, 15) is 24.5 Å². The van der Waals surface area contributed by atoms with Crippen LogP contribution in [-0.2, 0) is 9.53 Å². The van der Waals surface area contributed by atoms with E-state index < -0.39 is 28.7 Å². The summed E-state index contributed by atoms with van der Waals surface area (Å²) in [6.45, 7) is -0.357. The second-order valence-electron chi connectivity index (χ2n) is 8.36. The Labute approximate surface area is 238 Å². The average Bonchev–Trinajstić information content (AvgIpc) is 2.95. The second kappa shape index (κ2) is 12.9. The van der Waals surface area contributed by atoms with E-state index in [0.717, 1.165) is 0 Å². The van der Waals surface area contributed by atoms with Crippen molar-refractivity contribution in [1.82, 2.24) is 0 Å². The van der Waals surface area contributed by atoms with Gasteiger partial charge in [0.05, 0.1) is 15.5 Å². The van der Waals surface area contributed by atoms with Gasteiger partial charge in [0.1, 0.15) is 5.75 Å². The molecule has 0 heterocycles. The number of Topliss-reactive ketones (excluding diaryl/α,β-unsaturated/α-hetero) is 1. The third-order valence-corrected chi connectivity index (χ3v) is 6.09. The number of hydrogen-bond donors (Lipinski definition) is 1. The zero-order chi connectivity index (χ0) is 28.6. The molecule has 1 atom stereocenters. The van der Waals surface area contributed by atoms with Gasteiger partial charge in [-0.3, -0.25) is 19.7 Å². The molecular weight excluding hydrogens is 559 g/mol. The van der Waals surface area contributed by atoms with Crippen molar-refractivity contribution < 1.29 is 28.8 Å². The number of nitro groups is 1. The van der Waals surface area contributed by atoms with Crippen LogP contribution in [0.3, 0.4) is 0 Å². The van der Waals surface area contributed by atoms with Gasteiger partial charge in [-0.2, -0.15) is 0 Å². The summed E-state index contributed by atoms with van der Waals surface area (Å²) in [6.07, 6.45) is -1.37. The van der Waals surface area contributed by atoms with Gasteiger partial charge in [-0.25, -0.2) is 4.79 Å². The Morgan fingerprint density at radius 3 is 2.23 bits per heavy atom. The molecule has 9 nitrogen and oxygen atoms in total. The Kier molecular flexibility index (Phi) is 9.11. The fourth-order valence-corrected chi connectivity index (χ4v) is 4.09. The minimum absolute atomic E-state index is 0.0623. The molecule has 0 saturated carbocycles. The number of esters is 1. The van der Waals surface area contributed by atoms with Crippen molar-refractivity contribution in [2.24, 2.45) is 0 Å². The van der Waals surface area contributed by atoms with Crippen molar-refractivity contribution >= 4 is 52.2 Å². The van der Waals surface area contributed by atoms with E-state index in [0.29, 0.717) is 10.6 Å². The Hall–Kier alpha value is -4.73. The number of amides is 1. The van der Waals surface area contributed by atoms with Crippen LogP contribution in [0.5, 0.6) is 5.75 Å². The van der Waals surface area contributed by atoms with Gasteiger partial charge in [-0.05, 0) is 48.5 Å². The summed E-state index contributed by atoms with van der Waals surface area (Å²) in [5, 5.41) is 14.3. The van der Waals surface area contributed by atoms with Crippen LogP contribution < -0.4 is 10.1 Å². The third kappa shape index (κ3) is 7.22. The van der Waals surface area contributed by atoms with Crippen LogP contribution in [-0.4, -0.2) is 29.2 Å². The quantitative estimate of drug-likeness (QED) is 0.0959. The maximum absolute atomic E-state index is 13.3. The summed E-state index contributed by atoms with van der Waals surface area (Å²) in [4.78, 5) is 49.3. The van der Waals surface area contributed by atoms with Crippen LogP contribution in [0.2, 0.25) is 10.0 Å². The molecule has 0 bridgehead atoms. The highest BCUT2D eigenvalue weighted by Gasteiger charge is 2.27. The summed E-state index contributed by atoms with van der Waals surface area (Å²) in [5.41, 5.74) is 0.723. The number of nitro benzene ring substituents is 1. The number of anilines is 1. The molecule has 4 aromatic rings. The van der Waals surface area contributed by atoms with Crippen LogP contribution in [0.1, 0.15) is 32.4 Å². The molecule has 0 unspecified atom stereocenters. The number of carbonyl (C=O) groups is 3. The lowest BCUT2D eigenvalue weighted by Crippen LogP contribution is -2.21. The monoisotopic (exact) mass is 578 g/mol. The molecule has 0 fully saturated rings. The molecular formula is C29H20Cl2N2O7. The van der Waals surface area contributed by atoms with Gasteiger partial charge in [0.2, 0.25) is 5.78 Å². The molecule has 11 heteroatoms. The van der Waals surface area contributed by atoms with Crippen LogP contribution in [0, 0.1) is 10.1 Å². The number of nitrogens with zero attached hydrogens (tertiary/aromatic N) is 1. The maximum Gasteiger partial charge on any atom is 0.339 e. The highest BCUT2D eigenvalue weighted by Crippen LogP contribution is 2.28. The summed E-state index contributed by atoms with van der Waals surface area (Å²) in [5.74, 6) is -1.59. The number of ketones is 1. The first-order valence-corrected chi connectivity index (χ1v) is 12.5. The molecule has 0 saturated heterocycles. The molecule has 4 rings (SSSR count). The zero-order valence-electron chi connectivity index (χ0n) is 20.6. The van der Waals surface area contributed by atoms with E-state index in [4.69, 9.17) is 32.7 Å². The lowest BCUT2D eigenvalue weighted by molar-refractivity contribution is -0.384. The Morgan fingerprint density at radius 2 is 1.55 bits per heavy atom. The molecule has 4 aromatic carbocycles. The number of halogens is 2. The molecule has 202 valence electrons. The van der Waals surface area contributed by atoms with Crippen molar-refractivity contribution in [3.8, 4) is 5.75 Å². The predicted molar refractivity (Wildman–Crippen MR) is 149 cm³/mol. The van der Waals surface area contributed by atoms with Gasteiger partial charge in [-0.1, -0.05) is 59.6 Å². The fraction of sp³-hybridized carbons (Fsp3) is 0.0690. The van der Waals surface area contributed by atoms with E-state index in [2.05, 4.69) is 5.32 Å². The SMILES string of the molecule is O=C(COc1ccc(Cl)cc1Cl)Nc1cccc(C(=O)O[C@@H](C(=O)c2ccccc2)c2ccc([N+](=O)[O-])cc2)c1. The molecule has 0 aliphatic carbocycles. The van der Waals surface area contributed by atoms with Gasteiger partial charge < -0.3 is 14.8 Å². The number of nitrogens with one attached hydrogen (secondary N) is 1. The van der Waals surface area contributed by atoms with E-state index in [-0.39, 0.29) is 39.9 Å². The second-order valence-corrected chi connectivity index (χ2v) is 9.20. The zero-order valence-corrected chi connectivity index (χ0v) is 22.1.